The van der Waals surface area contributed by atoms with Gasteiger partial charge in [-0.3, -0.25) is 10.0 Å². The summed E-state index contributed by atoms with van der Waals surface area (Å²) in [6, 6.07) is 10.9. The van der Waals surface area contributed by atoms with Crippen molar-refractivity contribution in [3.05, 3.63) is 59.4 Å². The molecule has 4 rings (SSSR count). The first-order valence-electron chi connectivity index (χ1n) is 7.67. The van der Waals surface area contributed by atoms with Crippen LogP contribution in [0.1, 0.15) is 47.4 Å². The molecule has 2 N–H and O–H groups in total. The van der Waals surface area contributed by atoms with Gasteiger partial charge in [-0.05, 0) is 30.0 Å². The van der Waals surface area contributed by atoms with Gasteiger partial charge in [-0.15, -0.1) is 0 Å². The highest BCUT2D eigenvalue weighted by Gasteiger charge is 2.72. The molecule has 2 aromatic rings. The minimum absolute atomic E-state index is 0.400. The summed E-state index contributed by atoms with van der Waals surface area (Å²) in [5.74, 6) is -1.91. The summed E-state index contributed by atoms with van der Waals surface area (Å²) in [5.41, 5.74) is 1.54. The van der Waals surface area contributed by atoms with Gasteiger partial charge >= 0.3 is 0 Å². The molecule has 3 atom stereocenters. The van der Waals surface area contributed by atoms with Gasteiger partial charge in [0, 0.05) is 17.8 Å². The second-order valence-electron chi connectivity index (χ2n) is 6.26. The zero-order chi connectivity index (χ0) is 16.0. The van der Waals surface area contributed by atoms with Gasteiger partial charge in [-0.2, -0.15) is 10.2 Å². The molecule has 2 fully saturated rings. The molecule has 0 aliphatic heterocycles. The molecule has 6 heteroatoms. The number of carbonyl (C=O) groups is 1. The van der Waals surface area contributed by atoms with E-state index in [1.165, 1.54) is 11.7 Å². The Balaban J connectivity index is 1.73. The van der Waals surface area contributed by atoms with Gasteiger partial charge in [0.15, 0.2) is 0 Å². The maximum absolute atomic E-state index is 15.3. The predicted molar refractivity (Wildman–Crippen MR) is 79.7 cm³/mol. The van der Waals surface area contributed by atoms with Crippen LogP contribution in [0, 0.1) is 0 Å². The van der Waals surface area contributed by atoms with Crippen LogP contribution in [0.3, 0.4) is 0 Å². The summed E-state index contributed by atoms with van der Waals surface area (Å²) in [7, 11) is 0. The summed E-state index contributed by atoms with van der Waals surface area (Å²) in [4.78, 5) is 11.9. The van der Waals surface area contributed by atoms with E-state index >= 15 is 4.39 Å². The van der Waals surface area contributed by atoms with Crippen LogP contribution in [0.25, 0.3) is 0 Å². The fourth-order valence-electron chi connectivity index (χ4n) is 3.40. The third kappa shape index (κ3) is 2.21. The average Bonchev–Trinajstić information content (AvgIpc) is 3.50. The summed E-state index contributed by atoms with van der Waals surface area (Å²) in [5, 5.41) is 17.0. The van der Waals surface area contributed by atoms with Crippen LogP contribution in [-0.2, 0) is 4.79 Å². The lowest BCUT2D eigenvalue weighted by molar-refractivity contribution is -0.136. The number of hydroxylamine groups is 1. The smallest absolute Gasteiger partial charge is 0.282 e. The monoisotopic (exact) mass is 313 g/mol. The number of amides is 1. The zero-order valence-electron chi connectivity index (χ0n) is 12.3. The lowest BCUT2D eigenvalue weighted by Crippen LogP contribution is -2.33. The van der Waals surface area contributed by atoms with Gasteiger partial charge in [0.25, 0.3) is 5.91 Å². The number of rotatable bonds is 4. The second-order valence-corrected chi connectivity index (χ2v) is 6.26. The molecule has 0 spiro atoms. The third-order valence-corrected chi connectivity index (χ3v) is 4.79. The number of alkyl halides is 1. The van der Waals surface area contributed by atoms with Crippen molar-refractivity contribution in [2.45, 2.75) is 36.3 Å². The highest BCUT2D eigenvalue weighted by Crippen LogP contribution is 2.66. The Morgan fingerprint density at radius 2 is 1.91 bits per heavy atom. The normalized spacial score (nSPS) is 29.1. The largest absolute Gasteiger partial charge is 0.289 e. The van der Waals surface area contributed by atoms with Crippen molar-refractivity contribution in [3.63, 3.8) is 0 Å². The van der Waals surface area contributed by atoms with Gasteiger partial charge < -0.3 is 0 Å². The molecule has 0 saturated heterocycles. The first kappa shape index (κ1) is 14.3. The van der Waals surface area contributed by atoms with Crippen molar-refractivity contribution in [3.8, 4) is 0 Å². The molecular formula is C17H16FN3O2. The van der Waals surface area contributed by atoms with Crippen LogP contribution < -0.4 is 5.48 Å². The molecule has 2 aliphatic carbocycles. The first-order valence-corrected chi connectivity index (χ1v) is 7.67. The molecule has 0 radical (unpaired) electrons. The molecule has 2 aliphatic rings. The molecule has 118 valence electrons. The van der Waals surface area contributed by atoms with Crippen molar-refractivity contribution in [1.82, 2.24) is 15.7 Å². The van der Waals surface area contributed by atoms with Crippen LogP contribution in [0.4, 0.5) is 4.39 Å². The molecule has 3 unspecified atom stereocenters. The summed E-state index contributed by atoms with van der Waals surface area (Å²) in [6.45, 7) is 0. The minimum atomic E-state index is -2.17. The number of nitrogens with zero attached hydrogens (tertiary/aromatic N) is 2. The number of aromatic nitrogens is 2. The van der Waals surface area contributed by atoms with E-state index in [1.807, 2.05) is 24.3 Å². The first-order chi connectivity index (χ1) is 11.2. The molecule has 1 amide bonds. The maximum Gasteiger partial charge on any atom is 0.282 e. The van der Waals surface area contributed by atoms with E-state index in [4.69, 9.17) is 5.21 Å². The van der Waals surface area contributed by atoms with Crippen molar-refractivity contribution in [2.75, 3.05) is 0 Å². The van der Waals surface area contributed by atoms with Gasteiger partial charge in [0.2, 0.25) is 5.67 Å². The van der Waals surface area contributed by atoms with E-state index in [-0.39, 0.29) is 0 Å². The lowest BCUT2D eigenvalue weighted by Gasteiger charge is -2.06. The minimum Gasteiger partial charge on any atom is -0.289 e. The molecule has 2 saturated carbocycles. The van der Waals surface area contributed by atoms with Crippen LogP contribution in [0.15, 0.2) is 42.6 Å². The average molecular weight is 313 g/mol. The highest BCUT2D eigenvalue weighted by molar-refractivity contribution is 5.92. The van der Waals surface area contributed by atoms with Crippen LogP contribution in [-0.4, -0.2) is 27.0 Å². The quantitative estimate of drug-likeness (QED) is 0.671. The Labute approximate surface area is 132 Å². The van der Waals surface area contributed by atoms with E-state index in [1.54, 1.807) is 12.1 Å². The number of halogens is 1. The Morgan fingerprint density at radius 1 is 1.22 bits per heavy atom. The summed E-state index contributed by atoms with van der Waals surface area (Å²) < 4.78 is 15.3. The van der Waals surface area contributed by atoms with Crippen molar-refractivity contribution in [1.29, 1.82) is 0 Å². The van der Waals surface area contributed by atoms with Gasteiger partial charge in [-0.1, -0.05) is 30.3 Å². The third-order valence-electron chi connectivity index (χ3n) is 4.79. The van der Waals surface area contributed by atoms with E-state index in [0.29, 0.717) is 11.5 Å². The molecule has 1 aromatic carbocycles. The summed E-state index contributed by atoms with van der Waals surface area (Å²) in [6.07, 6.45) is 3.66. The van der Waals surface area contributed by atoms with Crippen molar-refractivity contribution >= 4 is 5.91 Å². The molecule has 0 bridgehead atoms. The zero-order valence-corrected chi connectivity index (χ0v) is 12.3. The molecule has 1 aromatic heterocycles. The number of carbonyl (C=O) groups excluding carboxylic acids is 1. The van der Waals surface area contributed by atoms with Crippen LogP contribution in [0.2, 0.25) is 0 Å². The fourth-order valence-corrected chi connectivity index (χ4v) is 3.40. The standard InChI is InChI=1S/C17H16FN3O2/c18-17(16(22)21-23)14(11-4-2-1-3-5-11)15(17)12-8-13(10-6-7-10)20-19-9-12/h1-5,8-10,14-15,23H,6-7H2,(H,21,22). The number of benzene rings is 1. The Kier molecular flexibility index (Phi) is 3.16. The molecule has 1 heterocycles. The Morgan fingerprint density at radius 3 is 2.57 bits per heavy atom. The van der Waals surface area contributed by atoms with Crippen LogP contribution in [0.5, 0.6) is 0 Å². The van der Waals surface area contributed by atoms with E-state index in [0.717, 1.165) is 24.1 Å². The fraction of sp³-hybridized carbons (Fsp3) is 0.353. The van der Waals surface area contributed by atoms with Gasteiger partial charge in [0.05, 0.1) is 11.9 Å². The van der Waals surface area contributed by atoms with Crippen LogP contribution >= 0.6 is 0 Å². The maximum atomic E-state index is 15.3. The number of hydrogen-bond donors (Lipinski definition) is 2. The van der Waals surface area contributed by atoms with E-state index < -0.39 is 23.4 Å². The van der Waals surface area contributed by atoms with Crippen molar-refractivity contribution < 1.29 is 14.4 Å². The molecule has 5 nitrogen and oxygen atoms in total. The van der Waals surface area contributed by atoms with E-state index in [9.17, 15) is 4.79 Å². The Hall–Kier alpha value is -2.34. The van der Waals surface area contributed by atoms with Gasteiger partial charge in [0.1, 0.15) is 0 Å². The number of hydrogen-bond acceptors (Lipinski definition) is 4. The Bertz CT molecular complexity index is 751. The SMILES string of the molecule is O=C(NO)C1(F)C(c2ccccc2)C1c1cnnc(C2CC2)c1. The lowest BCUT2D eigenvalue weighted by atomic mass is 10.1. The summed E-state index contributed by atoms with van der Waals surface area (Å²) >= 11 is 0. The molecular weight excluding hydrogens is 297 g/mol. The topological polar surface area (TPSA) is 75.1 Å². The highest BCUT2D eigenvalue weighted by atomic mass is 19.1. The molecule has 23 heavy (non-hydrogen) atoms. The van der Waals surface area contributed by atoms with Crippen molar-refractivity contribution in [2.24, 2.45) is 0 Å². The van der Waals surface area contributed by atoms with E-state index in [2.05, 4.69) is 10.2 Å². The predicted octanol–water partition coefficient (Wildman–Crippen LogP) is 2.45. The van der Waals surface area contributed by atoms with Gasteiger partial charge in [-0.25, -0.2) is 9.87 Å². The second kappa shape index (κ2) is 5.09. The number of nitrogens with one attached hydrogen (secondary N) is 1.